The van der Waals surface area contributed by atoms with Crippen LogP contribution in [0.25, 0.3) is 0 Å². The smallest absolute Gasteiger partial charge is 0.132 e. The number of imidazole rings is 2. The number of hydrogen-bond donors (Lipinski definition) is 1. The number of rotatable bonds is 5. The third kappa shape index (κ3) is 2.91. The summed E-state index contributed by atoms with van der Waals surface area (Å²) in [6, 6.07) is 2.20. The second-order valence-electron chi connectivity index (χ2n) is 6.82. The molecule has 0 amide bonds. The van der Waals surface area contributed by atoms with E-state index >= 15 is 0 Å². The average molecular weight is 339 g/mol. The number of aromatic amines is 1. The molecular formula is C19H25N5O. The molecule has 1 aliphatic rings. The first-order valence-corrected chi connectivity index (χ1v) is 9.00. The van der Waals surface area contributed by atoms with Crippen LogP contribution >= 0.6 is 0 Å². The summed E-state index contributed by atoms with van der Waals surface area (Å²) in [4.78, 5) is 15.0. The molecule has 4 rings (SSSR count). The molecule has 0 fully saturated rings. The number of fused-ring (bicyclic) bond motifs is 1. The van der Waals surface area contributed by atoms with E-state index in [1.54, 1.807) is 6.33 Å². The van der Waals surface area contributed by atoms with Gasteiger partial charge in [-0.05, 0) is 31.9 Å². The molecular weight excluding hydrogens is 314 g/mol. The van der Waals surface area contributed by atoms with Crippen LogP contribution in [0.2, 0.25) is 0 Å². The Labute approximate surface area is 147 Å². The second-order valence-corrected chi connectivity index (χ2v) is 6.82. The Hall–Kier alpha value is -2.34. The fraction of sp³-hybridized carbons (Fsp3) is 0.474. The van der Waals surface area contributed by atoms with E-state index in [0.29, 0.717) is 0 Å². The quantitative estimate of drug-likeness (QED) is 0.774. The molecule has 0 saturated carbocycles. The number of H-pyrrole nitrogens is 1. The molecule has 132 valence electrons. The van der Waals surface area contributed by atoms with Gasteiger partial charge in [-0.1, -0.05) is 6.92 Å². The summed E-state index contributed by atoms with van der Waals surface area (Å²) in [6.07, 6.45) is 7.82. The molecule has 0 bridgehead atoms. The van der Waals surface area contributed by atoms with Gasteiger partial charge in [-0.3, -0.25) is 4.90 Å². The molecule has 3 aromatic rings. The largest absolute Gasteiger partial charge is 0.465 e. The third-order valence-corrected chi connectivity index (χ3v) is 5.06. The van der Waals surface area contributed by atoms with E-state index in [-0.39, 0.29) is 6.04 Å². The Morgan fingerprint density at radius 3 is 2.96 bits per heavy atom. The van der Waals surface area contributed by atoms with Gasteiger partial charge in [0.25, 0.3) is 0 Å². The Morgan fingerprint density at radius 2 is 2.20 bits per heavy atom. The minimum absolute atomic E-state index is 0.0577. The van der Waals surface area contributed by atoms with E-state index < -0.39 is 0 Å². The number of nitrogens with one attached hydrogen (secondary N) is 1. The van der Waals surface area contributed by atoms with Crippen LogP contribution in [0.5, 0.6) is 0 Å². The van der Waals surface area contributed by atoms with Crippen molar-refractivity contribution in [1.82, 2.24) is 24.4 Å². The molecule has 6 nitrogen and oxygen atoms in total. The van der Waals surface area contributed by atoms with Crippen LogP contribution in [-0.4, -0.2) is 31.0 Å². The topological polar surface area (TPSA) is 62.9 Å². The standard InChI is InChI=1S/C19H25N5O/c1-4-7-23-9-6-20-19(23)18-17-16(21-12-22-17)5-8-24(18)11-15-10-13(2)14(3)25-15/h6,9-10,12,18H,4-5,7-8,11H2,1-3H3,(H,21,22)/t18-/m1/s1. The molecule has 4 heterocycles. The summed E-state index contributed by atoms with van der Waals surface area (Å²) in [6.45, 7) is 9.00. The maximum atomic E-state index is 5.93. The molecule has 1 atom stereocenters. The van der Waals surface area contributed by atoms with Gasteiger partial charge in [0.15, 0.2) is 0 Å². The molecule has 0 aromatic carbocycles. The maximum absolute atomic E-state index is 5.93. The first kappa shape index (κ1) is 16.1. The molecule has 0 unspecified atom stereocenters. The maximum Gasteiger partial charge on any atom is 0.132 e. The summed E-state index contributed by atoms with van der Waals surface area (Å²) in [5.74, 6) is 3.07. The predicted molar refractivity (Wildman–Crippen MR) is 95.2 cm³/mol. The summed E-state index contributed by atoms with van der Waals surface area (Å²) >= 11 is 0. The van der Waals surface area contributed by atoms with Crippen molar-refractivity contribution < 1.29 is 4.42 Å². The average Bonchev–Trinajstić information content (AvgIpc) is 3.29. The first-order valence-electron chi connectivity index (χ1n) is 9.00. The summed E-state index contributed by atoms with van der Waals surface area (Å²) in [5.41, 5.74) is 3.52. The van der Waals surface area contributed by atoms with Gasteiger partial charge >= 0.3 is 0 Å². The zero-order valence-corrected chi connectivity index (χ0v) is 15.1. The number of hydrogen-bond acceptors (Lipinski definition) is 4. The van der Waals surface area contributed by atoms with E-state index in [9.17, 15) is 0 Å². The van der Waals surface area contributed by atoms with Gasteiger partial charge in [-0.2, -0.15) is 0 Å². The Bertz CT molecular complexity index is 839. The van der Waals surface area contributed by atoms with Crippen LogP contribution < -0.4 is 0 Å². The lowest BCUT2D eigenvalue weighted by molar-refractivity contribution is 0.175. The van der Waals surface area contributed by atoms with Gasteiger partial charge in [-0.25, -0.2) is 9.97 Å². The van der Waals surface area contributed by atoms with E-state index in [2.05, 4.69) is 50.5 Å². The van der Waals surface area contributed by atoms with E-state index in [1.165, 1.54) is 11.3 Å². The van der Waals surface area contributed by atoms with Crippen LogP contribution in [0.1, 0.15) is 53.7 Å². The number of furan rings is 1. The molecule has 0 radical (unpaired) electrons. The molecule has 0 spiro atoms. The minimum atomic E-state index is 0.0577. The molecule has 3 aromatic heterocycles. The molecule has 1 aliphatic heterocycles. The normalized spacial score (nSPS) is 17.8. The number of aromatic nitrogens is 4. The van der Waals surface area contributed by atoms with Crippen LogP contribution in [-0.2, 0) is 19.5 Å². The lowest BCUT2D eigenvalue weighted by Crippen LogP contribution is -2.37. The van der Waals surface area contributed by atoms with Gasteiger partial charge in [0.2, 0.25) is 0 Å². The van der Waals surface area contributed by atoms with Crippen molar-refractivity contribution in [3.63, 3.8) is 0 Å². The number of aryl methyl sites for hydroxylation is 3. The summed E-state index contributed by atoms with van der Waals surface area (Å²) in [5, 5.41) is 0. The van der Waals surface area contributed by atoms with Crippen LogP contribution in [0.4, 0.5) is 0 Å². The van der Waals surface area contributed by atoms with Crippen LogP contribution in [0.3, 0.4) is 0 Å². The highest BCUT2D eigenvalue weighted by Crippen LogP contribution is 2.34. The predicted octanol–water partition coefficient (Wildman–Crippen LogP) is 3.37. The Balaban J connectivity index is 1.71. The van der Waals surface area contributed by atoms with Gasteiger partial charge in [0.1, 0.15) is 23.4 Å². The molecule has 0 aliphatic carbocycles. The fourth-order valence-corrected chi connectivity index (χ4v) is 3.71. The van der Waals surface area contributed by atoms with E-state index in [4.69, 9.17) is 4.42 Å². The van der Waals surface area contributed by atoms with Crippen LogP contribution in [0.15, 0.2) is 29.2 Å². The Morgan fingerprint density at radius 1 is 1.32 bits per heavy atom. The monoisotopic (exact) mass is 339 g/mol. The van der Waals surface area contributed by atoms with E-state index in [1.807, 2.05) is 13.1 Å². The minimum Gasteiger partial charge on any atom is -0.465 e. The van der Waals surface area contributed by atoms with Gasteiger partial charge < -0.3 is 14.0 Å². The molecule has 6 heteroatoms. The zero-order valence-electron chi connectivity index (χ0n) is 15.1. The lowest BCUT2D eigenvalue weighted by atomic mass is 10.0. The third-order valence-electron chi connectivity index (χ3n) is 5.06. The van der Waals surface area contributed by atoms with Crippen molar-refractivity contribution in [2.75, 3.05) is 6.54 Å². The molecule has 1 N–H and O–H groups in total. The summed E-state index contributed by atoms with van der Waals surface area (Å²) in [7, 11) is 0. The van der Waals surface area contributed by atoms with Crippen molar-refractivity contribution in [2.45, 2.75) is 52.7 Å². The van der Waals surface area contributed by atoms with Crippen molar-refractivity contribution in [3.8, 4) is 0 Å². The SMILES string of the molecule is CCCn1ccnc1[C@H]1c2nc[nH]c2CCN1Cc1cc(C)c(C)o1. The molecule has 0 saturated heterocycles. The van der Waals surface area contributed by atoms with Crippen molar-refractivity contribution in [2.24, 2.45) is 0 Å². The van der Waals surface area contributed by atoms with Gasteiger partial charge in [0, 0.05) is 37.6 Å². The second kappa shape index (κ2) is 6.52. The van der Waals surface area contributed by atoms with Gasteiger partial charge in [0.05, 0.1) is 18.6 Å². The zero-order chi connectivity index (χ0) is 17.4. The summed E-state index contributed by atoms with van der Waals surface area (Å²) < 4.78 is 8.18. The van der Waals surface area contributed by atoms with Gasteiger partial charge in [-0.15, -0.1) is 0 Å². The first-order chi connectivity index (χ1) is 12.2. The van der Waals surface area contributed by atoms with Crippen molar-refractivity contribution in [1.29, 1.82) is 0 Å². The highest BCUT2D eigenvalue weighted by Gasteiger charge is 2.34. The molecule has 25 heavy (non-hydrogen) atoms. The van der Waals surface area contributed by atoms with Crippen molar-refractivity contribution >= 4 is 0 Å². The van der Waals surface area contributed by atoms with E-state index in [0.717, 1.165) is 55.5 Å². The number of nitrogens with zero attached hydrogens (tertiary/aromatic N) is 4. The fourth-order valence-electron chi connectivity index (χ4n) is 3.71. The highest BCUT2D eigenvalue weighted by molar-refractivity contribution is 5.27. The Kier molecular flexibility index (Phi) is 4.21. The lowest BCUT2D eigenvalue weighted by Gasteiger charge is -2.34. The highest BCUT2D eigenvalue weighted by atomic mass is 16.3. The van der Waals surface area contributed by atoms with Crippen LogP contribution in [0, 0.1) is 13.8 Å². The van der Waals surface area contributed by atoms with Crippen molar-refractivity contribution in [3.05, 3.63) is 59.1 Å².